The molecule has 0 saturated carbocycles. The first-order valence-electron chi connectivity index (χ1n) is 5.64. The molecule has 1 aliphatic rings. The summed E-state index contributed by atoms with van der Waals surface area (Å²) in [6.07, 6.45) is 3.21. The average Bonchev–Trinajstić information content (AvgIpc) is 2.85. The molecule has 3 nitrogen and oxygen atoms in total. The van der Waals surface area contributed by atoms with Crippen LogP contribution in [0.25, 0.3) is 0 Å². The van der Waals surface area contributed by atoms with Gasteiger partial charge in [0, 0.05) is 11.6 Å². The lowest BCUT2D eigenvalue weighted by molar-refractivity contribution is 0.237. The van der Waals surface area contributed by atoms with Crippen LogP contribution in [0.2, 0.25) is 0 Å². The maximum Gasteiger partial charge on any atom is 0.110 e. The molecule has 1 N–H and O–H groups in total. The topological polar surface area (TPSA) is 28.2 Å². The molecule has 0 aliphatic carbocycles. The van der Waals surface area contributed by atoms with Crippen LogP contribution in [-0.2, 0) is 0 Å². The molecule has 0 bridgehead atoms. The Hall–Kier alpha value is -0.450. The molecular formula is C11H19N3S. The number of hydrogen-bond donors (Lipinski definition) is 1. The molecule has 1 saturated heterocycles. The third-order valence-corrected chi connectivity index (χ3v) is 4.05. The van der Waals surface area contributed by atoms with E-state index in [9.17, 15) is 0 Å². The van der Waals surface area contributed by atoms with Crippen LogP contribution >= 0.6 is 11.3 Å². The molecule has 2 rings (SSSR count). The fourth-order valence-corrected chi connectivity index (χ4v) is 3.36. The zero-order chi connectivity index (χ0) is 10.7. The standard InChI is InChI=1S/C11H19N3S/c1-3-14-6-4-9(8-12-2)10(14)11-13-5-7-15-11/h5,7,9-10,12H,3-4,6,8H2,1-2H3. The number of thiazole rings is 1. The summed E-state index contributed by atoms with van der Waals surface area (Å²) in [5.74, 6) is 0.723. The molecule has 0 radical (unpaired) electrons. The summed E-state index contributed by atoms with van der Waals surface area (Å²) in [6.45, 7) is 5.68. The maximum atomic E-state index is 4.48. The van der Waals surface area contributed by atoms with Gasteiger partial charge in [-0.15, -0.1) is 11.3 Å². The normalized spacial score (nSPS) is 27.3. The van der Waals surface area contributed by atoms with Crippen LogP contribution < -0.4 is 5.32 Å². The van der Waals surface area contributed by atoms with Gasteiger partial charge in [0.15, 0.2) is 0 Å². The van der Waals surface area contributed by atoms with E-state index >= 15 is 0 Å². The number of hydrogen-bond acceptors (Lipinski definition) is 4. The van der Waals surface area contributed by atoms with E-state index in [1.54, 1.807) is 11.3 Å². The van der Waals surface area contributed by atoms with E-state index in [0.717, 1.165) is 19.0 Å². The lowest BCUT2D eigenvalue weighted by atomic mass is 10.0. The average molecular weight is 225 g/mol. The Balaban J connectivity index is 2.15. The molecular weight excluding hydrogens is 206 g/mol. The molecule has 0 amide bonds. The second-order valence-corrected chi connectivity index (χ2v) is 4.98. The minimum Gasteiger partial charge on any atom is -0.319 e. The van der Waals surface area contributed by atoms with Crippen LogP contribution in [0.3, 0.4) is 0 Å². The molecule has 15 heavy (non-hydrogen) atoms. The molecule has 84 valence electrons. The van der Waals surface area contributed by atoms with Crippen LogP contribution in [0.1, 0.15) is 24.4 Å². The van der Waals surface area contributed by atoms with Gasteiger partial charge in [0.1, 0.15) is 5.01 Å². The highest BCUT2D eigenvalue weighted by Gasteiger charge is 2.35. The number of nitrogens with one attached hydrogen (secondary N) is 1. The summed E-state index contributed by atoms with van der Waals surface area (Å²) in [5.41, 5.74) is 0. The van der Waals surface area contributed by atoms with Crippen LogP contribution in [-0.4, -0.2) is 36.6 Å². The number of nitrogens with zero attached hydrogens (tertiary/aromatic N) is 2. The highest BCUT2D eigenvalue weighted by atomic mass is 32.1. The van der Waals surface area contributed by atoms with Crippen molar-refractivity contribution in [3.8, 4) is 0 Å². The Morgan fingerprint density at radius 1 is 1.67 bits per heavy atom. The molecule has 1 aromatic heterocycles. The van der Waals surface area contributed by atoms with E-state index in [1.807, 2.05) is 13.2 Å². The van der Waals surface area contributed by atoms with Crippen molar-refractivity contribution < 1.29 is 0 Å². The summed E-state index contributed by atoms with van der Waals surface area (Å²) in [7, 11) is 2.04. The Kier molecular flexibility index (Phi) is 3.72. The van der Waals surface area contributed by atoms with Crippen molar-refractivity contribution in [2.75, 3.05) is 26.7 Å². The van der Waals surface area contributed by atoms with Crippen LogP contribution in [0.4, 0.5) is 0 Å². The van der Waals surface area contributed by atoms with Crippen molar-refractivity contribution in [3.63, 3.8) is 0 Å². The molecule has 2 heterocycles. The molecule has 1 fully saturated rings. The van der Waals surface area contributed by atoms with Gasteiger partial charge in [-0.25, -0.2) is 4.98 Å². The van der Waals surface area contributed by atoms with Gasteiger partial charge in [0.05, 0.1) is 6.04 Å². The van der Waals surface area contributed by atoms with Crippen molar-refractivity contribution in [2.24, 2.45) is 5.92 Å². The van der Waals surface area contributed by atoms with Gasteiger partial charge in [-0.05, 0) is 39.0 Å². The minimum atomic E-state index is 0.544. The number of likely N-dealkylation sites (tertiary alicyclic amines) is 1. The van der Waals surface area contributed by atoms with Crippen molar-refractivity contribution in [1.29, 1.82) is 0 Å². The summed E-state index contributed by atoms with van der Waals surface area (Å²) >= 11 is 1.79. The van der Waals surface area contributed by atoms with E-state index in [1.165, 1.54) is 18.0 Å². The van der Waals surface area contributed by atoms with Gasteiger partial charge in [0.2, 0.25) is 0 Å². The minimum absolute atomic E-state index is 0.544. The Labute approximate surface area is 95.5 Å². The Morgan fingerprint density at radius 3 is 3.13 bits per heavy atom. The molecule has 2 atom stereocenters. The van der Waals surface area contributed by atoms with Gasteiger partial charge in [-0.2, -0.15) is 0 Å². The van der Waals surface area contributed by atoms with Crippen LogP contribution in [0, 0.1) is 5.92 Å². The van der Waals surface area contributed by atoms with Crippen LogP contribution in [0.5, 0.6) is 0 Å². The monoisotopic (exact) mass is 225 g/mol. The molecule has 0 aromatic carbocycles. The van der Waals surface area contributed by atoms with E-state index in [2.05, 4.69) is 27.5 Å². The first kappa shape index (κ1) is 11.0. The first-order chi connectivity index (χ1) is 7.36. The fourth-order valence-electron chi connectivity index (χ4n) is 2.50. The van der Waals surface area contributed by atoms with E-state index in [0.29, 0.717) is 6.04 Å². The SMILES string of the molecule is CCN1CCC(CNC)C1c1nccs1. The second kappa shape index (κ2) is 5.05. The van der Waals surface area contributed by atoms with Crippen molar-refractivity contribution in [1.82, 2.24) is 15.2 Å². The zero-order valence-electron chi connectivity index (χ0n) is 9.44. The lowest BCUT2D eigenvalue weighted by Crippen LogP contribution is -2.29. The molecule has 4 heteroatoms. The molecule has 1 aromatic rings. The van der Waals surface area contributed by atoms with Gasteiger partial charge in [-0.3, -0.25) is 4.90 Å². The Bertz CT molecular complexity index is 286. The van der Waals surface area contributed by atoms with Gasteiger partial charge in [0.25, 0.3) is 0 Å². The van der Waals surface area contributed by atoms with Crippen molar-refractivity contribution >= 4 is 11.3 Å². The second-order valence-electron chi connectivity index (χ2n) is 4.05. The molecule has 1 aliphatic heterocycles. The lowest BCUT2D eigenvalue weighted by Gasteiger charge is -2.25. The van der Waals surface area contributed by atoms with Gasteiger partial charge >= 0.3 is 0 Å². The van der Waals surface area contributed by atoms with E-state index in [-0.39, 0.29) is 0 Å². The summed E-state index contributed by atoms with van der Waals surface area (Å²) in [5, 5.41) is 6.66. The fraction of sp³-hybridized carbons (Fsp3) is 0.727. The summed E-state index contributed by atoms with van der Waals surface area (Å²) in [6, 6.07) is 0.544. The Morgan fingerprint density at radius 2 is 2.53 bits per heavy atom. The van der Waals surface area contributed by atoms with Crippen molar-refractivity contribution in [3.05, 3.63) is 16.6 Å². The number of aromatic nitrogens is 1. The van der Waals surface area contributed by atoms with Crippen molar-refractivity contribution in [2.45, 2.75) is 19.4 Å². The number of rotatable bonds is 4. The zero-order valence-corrected chi connectivity index (χ0v) is 10.3. The van der Waals surface area contributed by atoms with E-state index < -0.39 is 0 Å². The smallest absolute Gasteiger partial charge is 0.110 e. The maximum absolute atomic E-state index is 4.48. The quantitative estimate of drug-likeness (QED) is 0.846. The summed E-state index contributed by atoms with van der Waals surface area (Å²) in [4.78, 5) is 7.02. The van der Waals surface area contributed by atoms with Gasteiger partial charge < -0.3 is 5.32 Å². The predicted molar refractivity (Wildman–Crippen MR) is 64.1 cm³/mol. The third kappa shape index (κ3) is 2.22. The largest absolute Gasteiger partial charge is 0.319 e. The van der Waals surface area contributed by atoms with Gasteiger partial charge in [-0.1, -0.05) is 6.92 Å². The molecule has 0 spiro atoms. The third-order valence-electron chi connectivity index (χ3n) is 3.20. The van der Waals surface area contributed by atoms with E-state index in [4.69, 9.17) is 0 Å². The highest BCUT2D eigenvalue weighted by Crippen LogP contribution is 2.37. The molecule has 2 unspecified atom stereocenters. The first-order valence-corrected chi connectivity index (χ1v) is 6.52. The summed E-state index contributed by atoms with van der Waals surface area (Å²) < 4.78 is 0. The van der Waals surface area contributed by atoms with Crippen LogP contribution in [0.15, 0.2) is 11.6 Å². The highest BCUT2D eigenvalue weighted by molar-refractivity contribution is 7.09. The predicted octanol–water partition coefficient (Wildman–Crippen LogP) is 1.75.